The fraction of sp³-hybridized carbons (Fsp3) is 0.231. The van der Waals surface area contributed by atoms with Gasteiger partial charge in [-0.25, -0.2) is 0 Å². The van der Waals surface area contributed by atoms with E-state index >= 15 is 0 Å². The van der Waals surface area contributed by atoms with Gasteiger partial charge in [-0.15, -0.1) is 0 Å². The Kier molecular flexibility index (Phi) is 2.97. The van der Waals surface area contributed by atoms with Gasteiger partial charge >= 0.3 is 0 Å². The lowest BCUT2D eigenvalue weighted by Crippen LogP contribution is -1.95. The van der Waals surface area contributed by atoms with Crippen LogP contribution in [0.1, 0.15) is 17.0 Å². The van der Waals surface area contributed by atoms with E-state index in [1.165, 1.54) is 0 Å². The van der Waals surface area contributed by atoms with Gasteiger partial charge in [-0.3, -0.25) is 9.97 Å². The maximum Gasteiger partial charge on any atom is 0.0855 e. The Morgan fingerprint density at radius 3 is 2.69 bits per heavy atom. The van der Waals surface area contributed by atoms with E-state index in [0.717, 1.165) is 28.2 Å². The number of hydrogen-bond acceptors (Lipinski definition) is 3. The Morgan fingerprint density at radius 1 is 1.25 bits per heavy atom. The Hall–Kier alpha value is -1.74. The highest BCUT2D eigenvalue weighted by Crippen LogP contribution is 2.18. The molecule has 16 heavy (non-hydrogen) atoms. The average Bonchev–Trinajstić information content (AvgIpc) is 2.29. The molecule has 0 atom stereocenters. The first-order valence-electron chi connectivity index (χ1n) is 5.21. The van der Waals surface area contributed by atoms with Crippen LogP contribution in [0, 0.1) is 13.8 Å². The van der Waals surface area contributed by atoms with Crippen molar-refractivity contribution in [3.63, 3.8) is 0 Å². The molecule has 0 aromatic carbocycles. The molecule has 1 N–H and O–H groups in total. The highest BCUT2D eigenvalue weighted by Gasteiger charge is 2.03. The highest BCUT2D eigenvalue weighted by molar-refractivity contribution is 5.59. The van der Waals surface area contributed by atoms with Crippen molar-refractivity contribution in [2.24, 2.45) is 0 Å². The summed E-state index contributed by atoms with van der Waals surface area (Å²) in [5.74, 6) is 0. The zero-order valence-corrected chi connectivity index (χ0v) is 9.44. The molecule has 2 rings (SSSR count). The molecule has 0 aliphatic heterocycles. The normalized spacial score (nSPS) is 10.4. The Labute approximate surface area is 94.8 Å². The lowest BCUT2D eigenvalue weighted by molar-refractivity contribution is 0.276. The van der Waals surface area contributed by atoms with Crippen molar-refractivity contribution in [2.45, 2.75) is 20.5 Å². The quantitative estimate of drug-likeness (QED) is 0.834. The number of aryl methyl sites for hydroxylation is 2. The number of aliphatic hydroxyl groups excluding tert-OH is 1. The number of aliphatic hydroxyl groups is 1. The van der Waals surface area contributed by atoms with Crippen LogP contribution in [0.15, 0.2) is 30.5 Å². The van der Waals surface area contributed by atoms with Crippen LogP contribution in [0.3, 0.4) is 0 Å². The maximum atomic E-state index is 9.05. The van der Waals surface area contributed by atoms with Crippen molar-refractivity contribution in [3.8, 4) is 11.3 Å². The molecule has 2 aromatic heterocycles. The second-order valence-corrected chi connectivity index (χ2v) is 3.81. The van der Waals surface area contributed by atoms with Crippen LogP contribution in [0.5, 0.6) is 0 Å². The van der Waals surface area contributed by atoms with Crippen LogP contribution >= 0.6 is 0 Å². The summed E-state index contributed by atoms with van der Waals surface area (Å²) in [4.78, 5) is 8.65. The molecule has 0 aliphatic rings. The molecule has 0 spiro atoms. The molecule has 0 unspecified atom stereocenters. The first kappa shape index (κ1) is 10.8. The fourth-order valence-corrected chi connectivity index (χ4v) is 1.61. The van der Waals surface area contributed by atoms with E-state index in [2.05, 4.69) is 9.97 Å². The first-order chi connectivity index (χ1) is 7.70. The van der Waals surface area contributed by atoms with E-state index in [0.29, 0.717) is 0 Å². The summed E-state index contributed by atoms with van der Waals surface area (Å²) in [6, 6.07) is 7.90. The van der Waals surface area contributed by atoms with Crippen LogP contribution in [0.4, 0.5) is 0 Å². The second kappa shape index (κ2) is 4.41. The predicted molar refractivity (Wildman–Crippen MR) is 62.9 cm³/mol. The third kappa shape index (κ3) is 2.09. The van der Waals surface area contributed by atoms with Gasteiger partial charge in [-0.1, -0.05) is 6.07 Å². The predicted octanol–water partition coefficient (Wildman–Crippen LogP) is 2.25. The lowest BCUT2D eigenvalue weighted by Gasteiger charge is -2.05. The monoisotopic (exact) mass is 214 g/mol. The zero-order chi connectivity index (χ0) is 11.5. The Morgan fingerprint density at radius 2 is 2.06 bits per heavy atom. The van der Waals surface area contributed by atoms with Crippen LogP contribution in [-0.2, 0) is 6.61 Å². The number of nitrogens with zero attached hydrogens (tertiary/aromatic N) is 2. The van der Waals surface area contributed by atoms with E-state index < -0.39 is 0 Å². The van der Waals surface area contributed by atoms with Gasteiger partial charge in [0, 0.05) is 17.5 Å². The second-order valence-electron chi connectivity index (χ2n) is 3.81. The Bertz CT molecular complexity index is 509. The minimum absolute atomic E-state index is 0.0205. The topological polar surface area (TPSA) is 46.0 Å². The van der Waals surface area contributed by atoms with Gasteiger partial charge in [0.2, 0.25) is 0 Å². The smallest absolute Gasteiger partial charge is 0.0855 e. The summed E-state index contributed by atoms with van der Waals surface area (Å²) in [6.07, 6.45) is 1.75. The highest BCUT2D eigenvalue weighted by atomic mass is 16.3. The fourth-order valence-electron chi connectivity index (χ4n) is 1.61. The molecule has 3 nitrogen and oxygen atoms in total. The van der Waals surface area contributed by atoms with Crippen molar-refractivity contribution in [3.05, 3.63) is 47.4 Å². The largest absolute Gasteiger partial charge is 0.390 e. The third-order valence-electron chi connectivity index (χ3n) is 2.52. The molecule has 82 valence electrons. The van der Waals surface area contributed by atoms with Gasteiger partial charge in [-0.05, 0) is 37.6 Å². The summed E-state index contributed by atoms with van der Waals surface area (Å²) >= 11 is 0. The van der Waals surface area contributed by atoms with Gasteiger partial charge in [0.1, 0.15) is 0 Å². The minimum Gasteiger partial charge on any atom is -0.390 e. The molecular formula is C13H14N2O. The molecule has 0 fully saturated rings. The molecule has 0 saturated heterocycles. The summed E-state index contributed by atoms with van der Waals surface area (Å²) in [7, 11) is 0. The standard InChI is InChI=1S/C13H14N2O/c1-9-6-11(7-14-13(9)8-16)12-5-3-4-10(2)15-12/h3-7,16H,8H2,1-2H3. The van der Waals surface area contributed by atoms with E-state index in [9.17, 15) is 0 Å². The number of pyridine rings is 2. The zero-order valence-electron chi connectivity index (χ0n) is 9.44. The Balaban J connectivity index is 2.45. The van der Waals surface area contributed by atoms with Crippen LogP contribution in [0.25, 0.3) is 11.3 Å². The van der Waals surface area contributed by atoms with Crippen molar-refractivity contribution < 1.29 is 5.11 Å². The molecule has 2 heterocycles. The van der Waals surface area contributed by atoms with Crippen LogP contribution in [-0.4, -0.2) is 15.1 Å². The van der Waals surface area contributed by atoms with Crippen molar-refractivity contribution >= 4 is 0 Å². The van der Waals surface area contributed by atoms with E-state index in [-0.39, 0.29) is 6.61 Å². The van der Waals surface area contributed by atoms with Gasteiger partial charge in [0.15, 0.2) is 0 Å². The van der Waals surface area contributed by atoms with Gasteiger partial charge in [0.25, 0.3) is 0 Å². The average molecular weight is 214 g/mol. The molecule has 2 aromatic rings. The van der Waals surface area contributed by atoms with E-state index in [4.69, 9.17) is 5.11 Å². The number of aromatic nitrogens is 2. The summed E-state index contributed by atoms with van der Waals surface area (Å²) in [5.41, 5.74) is 4.60. The van der Waals surface area contributed by atoms with Gasteiger partial charge in [0.05, 0.1) is 18.0 Å². The molecule has 0 bridgehead atoms. The molecule has 3 heteroatoms. The number of hydrogen-bond donors (Lipinski definition) is 1. The molecular weight excluding hydrogens is 200 g/mol. The number of rotatable bonds is 2. The molecule has 0 aliphatic carbocycles. The van der Waals surface area contributed by atoms with Crippen molar-refractivity contribution in [1.82, 2.24) is 9.97 Å². The molecule has 0 saturated carbocycles. The molecule has 0 radical (unpaired) electrons. The summed E-state index contributed by atoms with van der Waals surface area (Å²) in [5, 5.41) is 9.05. The van der Waals surface area contributed by atoms with E-state index in [1.54, 1.807) is 6.20 Å². The lowest BCUT2D eigenvalue weighted by atomic mass is 10.1. The van der Waals surface area contributed by atoms with Crippen molar-refractivity contribution in [2.75, 3.05) is 0 Å². The van der Waals surface area contributed by atoms with E-state index in [1.807, 2.05) is 38.1 Å². The van der Waals surface area contributed by atoms with Crippen molar-refractivity contribution in [1.29, 1.82) is 0 Å². The summed E-state index contributed by atoms with van der Waals surface area (Å²) < 4.78 is 0. The minimum atomic E-state index is -0.0205. The summed E-state index contributed by atoms with van der Waals surface area (Å²) in [6.45, 7) is 3.89. The molecule has 0 amide bonds. The maximum absolute atomic E-state index is 9.05. The third-order valence-corrected chi connectivity index (χ3v) is 2.52. The van der Waals surface area contributed by atoms with Crippen LogP contribution in [0.2, 0.25) is 0 Å². The van der Waals surface area contributed by atoms with Crippen LogP contribution < -0.4 is 0 Å². The van der Waals surface area contributed by atoms with Gasteiger partial charge < -0.3 is 5.11 Å². The van der Waals surface area contributed by atoms with Gasteiger partial charge in [-0.2, -0.15) is 0 Å². The first-order valence-corrected chi connectivity index (χ1v) is 5.21. The SMILES string of the molecule is Cc1cccc(-c2cnc(CO)c(C)c2)n1.